The van der Waals surface area contributed by atoms with Crippen molar-refractivity contribution in [1.82, 2.24) is 0 Å². The molecule has 0 aromatic heterocycles. The molecule has 0 amide bonds. The number of unbranched alkanes of at least 4 members (excludes halogenated alkanes) is 10. The van der Waals surface area contributed by atoms with Crippen molar-refractivity contribution >= 4 is 11.4 Å². The van der Waals surface area contributed by atoms with Gasteiger partial charge in [-0.1, -0.05) is 112 Å². The van der Waals surface area contributed by atoms with Crippen LogP contribution in [0.2, 0.25) is 0 Å². The van der Waals surface area contributed by atoms with Crippen molar-refractivity contribution in [2.75, 3.05) is 0 Å². The molecule has 0 N–H and O–H groups in total. The van der Waals surface area contributed by atoms with Crippen LogP contribution in [0.4, 0.5) is 0 Å². The van der Waals surface area contributed by atoms with Crippen LogP contribution in [0.5, 0.6) is 0 Å². The molecule has 1 aliphatic rings. The fraction of sp³-hybridized carbons (Fsp3) is 0.617. The van der Waals surface area contributed by atoms with E-state index in [2.05, 4.69) is 83.7 Å². The van der Waals surface area contributed by atoms with Gasteiger partial charge in [-0.05, 0) is 142 Å². The molecule has 1 aliphatic heterocycles. The van der Waals surface area contributed by atoms with Crippen LogP contribution in [0.1, 0.15) is 196 Å². The number of hydrogen-bond donors (Lipinski definition) is 0. The van der Waals surface area contributed by atoms with E-state index in [9.17, 15) is 5.53 Å². The Labute approximate surface area is 302 Å². The number of nitrogens with zero attached hydrogens (tertiary/aromatic N) is 2. The lowest BCUT2D eigenvalue weighted by molar-refractivity contribution is -0.344. The molecule has 0 saturated heterocycles. The molecule has 0 radical (unpaired) electrons. The van der Waals surface area contributed by atoms with E-state index >= 15 is 0 Å². The summed E-state index contributed by atoms with van der Waals surface area (Å²) in [5.74, 6) is 6.61. The maximum atomic E-state index is 12.2. The molecule has 0 saturated carbocycles. The summed E-state index contributed by atoms with van der Waals surface area (Å²) in [5, 5.41) is 0. The van der Waals surface area contributed by atoms with Crippen LogP contribution in [0.25, 0.3) is 16.9 Å². The van der Waals surface area contributed by atoms with Crippen LogP contribution in [-0.2, 0) is 38.5 Å². The number of benzene rings is 2. The second-order valence-electron chi connectivity index (χ2n) is 14.6. The van der Waals surface area contributed by atoms with Crippen molar-refractivity contribution in [2.45, 2.75) is 190 Å². The number of rotatable bonds is 24. The molecule has 0 atom stereocenters. The minimum Gasteiger partial charge on any atom is -0.493 e. The Morgan fingerprint density at radius 2 is 0.857 bits per heavy atom. The first-order valence-corrected chi connectivity index (χ1v) is 20.6. The van der Waals surface area contributed by atoms with Gasteiger partial charge in [-0.15, -0.1) is 5.92 Å². The lowest BCUT2D eigenvalue weighted by atomic mass is 9.87. The zero-order valence-electron chi connectivity index (χ0n) is 32.8. The van der Waals surface area contributed by atoms with Crippen molar-refractivity contribution < 1.29 is 4.70 Å². The molecule has 2 heteroatoms. The van der Waals surface area contributed by atoms with Crippen LogP contribution in [-0.4, -0.2) is 4.70 Å². The Morgan fingerprint density at radius 3 is 1.20 bits per heavy atom. The van der Waals surface area contributed by atoms with Crippen molar-refractivity contribution in [3.05, 3.63) is 86.0 Å². The molecule has 1 heterocycles. The summed E-state index contributed by atoms with van der Waals surface area (Å²) in [4.78, 5) is 0. The van der Waals surface area contributed by atoms with E-state index in [0.717, 1.165) is 66.6 Å². The lowest BCUT2D eigenvalue weighted by Crippen LogP contribution is -2.09. The van der Waals surface area contributed by atoms with Gasteiger partial charge in [-0.2, -0.15) is 0 Å². The summed E-state index contributed by atoms with van der Waals surface area (Å²) in [6.07, 6.45) is 28.6. The lowest BCUT2D eigenvalue weighted by Gasteiger charge is -2.20. The number of hydrogen-bond acceptors (Lipinski definition) is 0. The summed E-state index contributed by atoms with van der Waals surface area (Å²) in [6.45, 7) is 15.7. The van der Waals surface area contributed by atoms with Gasteiger partial charge < -0.3 is 5.53 Å². The highest BCUT2D eigenvalue weighted by Gasteiger charge is 2.30. The highest BCUT2D eigenvalue weighted by molar-refractivity contribution is 5.82. The van der Waals surface area contributed by atoms with Gasteiger partial charge in [0, 0.05) is 17.2 Å². The van der Waals surface area contributed by atoms with Crippen LogP contribution in [0.15, 0.2) is 35.9 Å². The average molecular weight is 663 g/mol. The molecule has 2 aromatic rings. The van der Waals surface area contributed by atoms with Crippen molar-refractivity contribution in [3.8, 4) is 11.8 Å². The quantitative estimate of drug-likeness (QED) is 0.0607. The van der Waals surface area contributed by atoms with E-state index < -0.39 is 0 Å². The van der Waals surface area contributed by atoms with Gasteiger partial charge in [0.2, 0.25) is 11.4 Å². The Bertz CT molecular complexity index is 1390. The third-order valence-electron chi connectivity index (χ3n) is 10.4. The molecule has 2 aromatic carbocycles. The first kappa shape index (κ1) is 40.5. The molecular weight excluding hydrogens is 593 g/mol. The monoisotopic (exact) mass is 663 g/mol. The van der Waals surface area contributed by atoms with Gasteiger partial charge in [0.25, 0.3) is 0 Å². The summed E-state index contributed by atoms with van der Waals surface area (Å²) >= 11 is 0. The normalized spacial score (nSPS) is 12.9. The third-order valence-corrected chi connectivity index (χ3v) is 10.4. The molecule has 3 rings (SSSR count). The SMILES string of the molecule is CC#CC1=C(c2cc(CCCCC)c(CCCC)c(CCCCC)c2)[N+](=[N-])C(c2cc(CCCCC)c(CCCC)c(CCCCC)c2)=C1. The molecule has 0 aliphatic carbocycles. The van der Waals surface area contributed by atoms with E-state index in [-0.39, 0.29) is 0 Å². The largest absolute Gasteiger partial charge is 0.493 e. The highest BCUT2D eigenvalue weighted by Crippen LogP contribution is 2.39. The molecule has 2 nitrogen and oxygen atoms in total. The molecule has 0 spiro atoms. The Balaban J connectivity index is 2.17. The summed E-state index contributed by atoms with van der Waals surface area (Å²) < 4.78 is 1.50. The standard InChI is InChI=1S/C47H70N2/c1-8-15-21-26-37-32-42(33-38(27-22-16-9-2)44(37)30-19-12-5)46-36-41(25-14-7)47(49(46)48)43-34-39(28-23-17-10-3)45(31-20-13-6)40(35-43)29-24-18-11-4/h32-36H,8-13,15-24,26-31H2,1-7H3. The maximum Gasteiger partial charge on any atom is 0.223 e. The van der Waals surface area contributed by atoms with Gasteiger partial charge in [-0.3, -0.25) is 0 Å². The van der Waals surface area contributed by atoms with Gasteiger partial charge in [0.05, 0.1) is 0 Å². The smallest absolute Gasteiger partial charge is 0.223 e. The van der Waals surface area contributed by atoms with E-state index in [1.807, 2.05) is 6.92 Å². The molecule has 0 unspecified atom stereocenters. The van der Waals surface area contributed by atoms with E-state index in [0.29, 0.717) is 0 Å². The first-order chi connectivity index (χ1) is 24.0. The Kier molecular flexibility index (Phi) is 18.8. The molecule has 0 bridgehead atoms. The second kappa shape index (κ2) is 22.7. The predicted octanol–water partition coefficient (Wildman–Crippen LogP) is 14.1. The van der Waals surface area contributed by atoms with Crippen LogP contribution in [0.3, 0.4) is 0 Å². The fourth-order valence-electron chi connectivity index (χ4n) is 7.60. The van der Waals surface area contributed by atoms with Crippen molar-refractivity contribution in [3.63, 3.8) is 0 Å². The zero-order chi connectivity index (χ0) is 35.4. The minimum atomic E-state index is 0.856. The van der Waals surface area contributed by atoms with Gasteiger partial charge in [0.1, 0.15) is 5.57 Å². The van der Waals surface area contributed by atoms with Crippen LogP contribution < -0.4 is 0 Å². The first-order valence-electron chi connectivity index (χ1n) is 20.6. The second-order valence-corrected chi connectivity index (χ2v) is 14.6. The Morgan fingerprint density at radius 1 is 0.490 bits per heavy atom. The van der Waals surface area contributed by atoms with Crippen LogP contribution >= 0.6 is 0 Å². The Hall–Kier alpha value is -2.92. The average Bonchev–Trinajstić information content (AvgIpc) is 3.42. The third kappa shape index (κ3) is 11.8. The summed E-state index contributed by atoms with van der Waals surface area (Å²) in [7, 11) is 0. The predicted molar refractivity (Wildman–Crippen MR) is 215 cm³/mol. The number of allylic oxidation sites excluding steroid dienone is 2. The number of aryl methyl sites for hydroxylation is 4. The van der Waals surface area contributed by atoms with Gasteiger partial charge in [-0.25, -0.2) is 4.70 Å². The van der Waals surface area contributed by atoms with Gasteiger partial charge in [0.15, 0.2) is 0 Å². The molecular formula is C47H70N2. The van der Waals surface area contributed by atoms with E-state index in [1.165, 1.54) is 130 Å². The molecule has 0 fully saturated rings. The van der Waals surface area contributed by atoms with Crippen LogP contribution in [0, 0.1) is 11.8 Å². The van der Waals surface area contributed by atoms with Crippen molar-refractivity contribution in [2.24, 2.45) is 0 Å². The van der Waals surface area contributed by atoms with E-state index in [4.69, 9.17) is 0 Å². The summed E-state index contributed by atoms with van der Waals surface area (Å²) in [5.41, 5.74) is 26.3. The summed E-state index contributed by atoms with van der Waals surface area (Å²) in [6, 6.07) is 9.66. The zero-order valence-corrected chi connectivity index (χ0v) is 32.8. The van der Waals surface area contributed by atoms with Gasteiger partial charge >= 0.3 is 0 Å². The molecule has 49 heavy (non-hydrogen) atoms. The maximum absolute atomic E-state index is 12.2. The topological polar surface area (TPSA) is 25.3 Å². The highest BCUT2D eigenvalue weighted by atomic mass is 15.2. The van der Waals surface area contributed by atoms with Crippen molar-refractivity contribution in [1.29, 1.82) is 0 Å². The molecule has 268 valence electrons. The minimum absolute atomic E-state index is 0.856. The fourth-order valence-corrected chi connectivity index (χ4v) is 7.60. The van der Waals surface area contributed by atoms with E-state index in [1.54, 1.807) is 11.1 Å².